The third-order valence-corrected chi connectivity index (χ3v) is 3.12. The number of rotatable bonds is 1. The molecule has 2 aromatic carbocycles. The van der Waals surface area contributed by atoms with Gasteiger partial charge in [-0.2, -0.15) is 0 Å². The van der Waals surface area contributed by atoms with Gasteiger partial charge in [0.05, 0.1) is 6.61 Å². The Labute approximate surface area is 95.7 Å². The van der Waals surface area contributed by atoms with Gasteiger partial charge in [-0.1, -0.05) is 54.1 Å². The van der Waals surface area contributed by atoms with Crippen LogP contribution in [0.2, 0.25) is 0 Å². The molecule has 0 amide bonds. The highest BCUT2D eigenvalue weighted by Gasteiger charge is 2.23. The van der Waals surface area contributed by atoms with Crippen molar-refractivity contribution in [3.8, 4) is 0 Å². The zero-order chi connectivity index (χ0) is 11.0. The van der Waals surface area contributed by atoms with Gasteiger partial charge in [-0.15, -0.1) is 0 Å². The number of fused-ring (bicyclic) bond motifs is 1. The first-order valence-electron chi connectivity index (χ1n) is 5.60. The zero-order valence-corrected chi connectivity index (χ0v) is 9.31. The Bertz CT molecular complexity index is 499. The molecule has 2 aromatic rings. The molecular weight excluding hydrogens is 196 g/mol. The topological polar surface area (TPSA) is 9.23 Å². The number of ether oxygens (including phenoxy) is 1. The fourth-order valence-corrected chi connectivity index (χ4v) is 2.20. The summed E-state index contributed by atoms with van der Waals surface area (Å²) >= 11 is 0. The minimum Gasteiger partial charge on any atom is -0.364 e. The molecule has 1 aliphatic heterocycles. The highest BCUT2D eigenvalue weighted by atomic mass is 16.5. The Balaban J connectivity index is 2.01. The fraction of sp³-hybridized carbons (Fsp3) is 0.200. The number of hydrogen-bond acceptors (Lipinski definition) is 1. The summed E-state index contributed by atoms with van der Waals surface area (Å²) in [6, 6.07) is 17.0. The van der Waals surface area contributed by atoms with Gasteiger partial charge >= 0.3 is 0 Å². The molecule has 1 unspecified atom stereocenters. The van der Waals surface area contributed by atoms with E-state index in [1.165, 1.54) is 22.3 Å². The molecule has 1 nitrogen and oxygen atoms in total. The van der Waals surface area contributed by atoms with Crippen LogP contribution in [0.25, 0.3) is 0 Å². The van der Waals surface area contributed by atoms with Gasteiger partial charge < -0.3 is 4.74 Å². The van der Waals surface area contributed by atoms with Gasteiger partial charge in [-0.05, 0) is 23.6 Å². The lowest BCUT2D eigenvalue weighted by molar-refractivity contribution is 0.0939. The molecule has 0 bridgehead atoms. The van der Waals surface area contributed by atoms with Gasteiger partial charge in [-0.25, -0.2) is 0 Å². The Hall–Kier alpha value is -1.60. The van der Waals surface area contributed by atoms with Gasteiger partial charge in [0, 0.05) is 0 Å². The molecule has 0 N–H and O–H groups in total. The van der Waals surface area contributed by atoms with E-state index in [2.05, 4.69) is 55.5 Å². The maximum absolute atomic E-state index is 5.85. The average Bonchev–Trinajstić information content (AvgIpc) is 2.74. The molecule has 1 aliphatic rings. The van der Waals surface area contributed by atoms with E-state index >= 15 is 0 Å². The number of aryl methyl sites for hydroxylation is 1. The molecule has 0 radical (unpaired) electrons. The SMILES string of the molecule is Cc1ccc(C2OCc3ccccc32)cc1. The van der Waals surface area contributed by atoms with E-state index in [0.717, 1.165) is 6.61 Å². The molecule has 0 aromatic heterocycles. The van der Waals surface area contributed by atoms with Crippen molar-refractivity contribution in [2.75, 3.05) is 0 Å². The van der Waals surface area contributed by atoms with E-state index in [0.29, 0.717) is 0 Å². The van der Waals surface area contributed by atoms with E-state index in [1.54, 1.807) is 0 Å². The van der Waals surface area contributed by atoms with Crippen LogP contribution in [-0.4, -0.2) is 0 Å². The predicted molar refractivity (Wildman–Crippen MR) is 64.3 cm³/mol. The van der Waals surface area contributed by atoms with Crippen molar-refractivity contribution in [1.82, 2.24) is 0 Å². The molecule has 0 spiro atoms. The lowest BCUT2D eigenvalue weighted by Crippen LogP contribution is -1.97. The summed E-state index contributed by atoms with van der Waals surface area (Å²) in [6.07, 6.45) is 0.122. The van der Waals surface area contributed by atoms with Crippen molar-refractivity contribution in [2.45, 2.75) is 19.6 Å². The Kier molecular flexibility index (Phi) is 2.26. The van der Waals surface area contributed by atoms with Gasteiger partial charge in [0.1, 0.15) is 6.10 Å². The molecule has 0 saturated carbocycles. The fourth-order valence-electron chi connectivity index (χ4n) is 2.20. The third kappa shape index (κ3) is 1.54. The van der Waals surface area contributed by atoms with Crippen molar-refractivity contribution >= 4 is 0 Å². The van der Waals surface area contributed by atoms with E-state index < -0.39 is 0 Å². The van der Waals surface area contributed by atoms with Crippen molar-refractivity contribution in [2.24, 2.45) is 0 Å². The maximum atomic E-state index is 5.85. The van der Waals surface area contributed by atoms with Crippen LogP contribution < -0.4 is 0 Å². The molecule has 1 heteroatoms. The van der Waals surface area contributed by atoms with Gasteiger partial charge in [-0.3, -0.25) is 0 Å². The second-order valence-corrected chi connectivity index (χ2v) is 4.30. The Morgan fingerprint density at radius 1 is 1.00 bits per heavy atom. The summed E-state index contributed by atoms with van der Waals surface area (Å²) in [5, 5.41) is 0. The quantitative estimate of drug-likeness (QED) is 0.698. The predicted octanol–water partition coefficient (Wildman–Crippen LogP) is 3.61. The molecule has 0 saturated heterocycles. The van der Waals surface area contributed by atoms with Crippen LogP contribution in [0.1, 0.15) is 28.4 Å². The summed E-state index contributed by atoms with van der Waals surface area (Å²) in [5.41, 5.74) is 5.16. The second kappa shape index (κ2) is 3.76. The lowest BCUT2D eigenvalue weighted by Gasteiger charge is -2.11. The van der Waals surface area contributed by atoms with Gasteiger partial charge in [0.2, 0.25) is 0 Å². The summed E-state index contributed by atoms with van der Waals surface area (Å²) in [7, 11) is 0. The largest absolute Gasteiger partial charge is 0.364 e. The first-order chi connectivity index (χ1) is 7.84. The maximum Gasteiger partial charge on any atom is 0.108 e. The van der Waals surface area contributed by atoms with Crippen molar-refractivity contribution in [3.05, 3.63) is 70.8 Å². The standard InChI is InChI=1S/C15H14O/c1-11-6-8-12(9-7-11)15-14-5-3-2-4-13(14)10-16-15/h2-9,15H,10H2,1H3. The molecule has 1 heterocycles. The minimum absolute atomic E-state index is 0.122. The summed E-state index contributed by atoms with van der Waals surface area (Å²) in [5.74, 6) is 0. The van der Waals surface area contributed by atoms with Crippen LogP contribution in [0.4, 0.5) is 0 Å². The smallest absolute Gasteiger partial charge is 0.108 e. The van der Waals surface area contributed by atoms with E-state index in [-0.39, 0.29) is 6.10 Å². The Morgan fingerprint density at radius 3 is 2.56 bits per heavy atom. The number of hydrogen-bond donors (Lipinski definition) is 0. The molecule has 0 fully saturated rings. The first-order valence-corrected chi connectivity index (χ1v) is 5.60. The third-order valence-electron chi connectivity index (χ3n) is 3.12. The normalized spacial score (nSPS) is 18.4. The number of benzene rings is 2. The molecule has 1 atom stereocenters. The summed E-state index contributed by atoms with van der Waals surface area (Å²) in [6.45, 7) is 2.84. The summed E-state index contributed by atoms with van der Waals surface area (Å²) < 4.78 is 5.85. The lowest BCUT2D eigenvalue weighted by atomic mass is 9.99. The van der Waals surface area contributed by atoms with Crippen LogP contribution >= 0.6 is 0 Å². The van der Waals surface area contributed by atoms with Crippen molar-refractivity contribution in [3.63, 3.8) is 0 Å². The van der Waals surface area contributed by atoms with Crippen LogP contribution in [0.15, 0.2) is 48.5 Å². The Morgan fingerprint density at radius 2 is 1.75 bits per heavy atom. The van der Waals surface area contributed by atoms with Crippen LogP contribution in [-0.2, 0) is 11.3 Å². The van der Waals surface area contributed by atoms with Crippen LogP contribution in [0, 0.1) is 6.92 Å². The van der Waals surface area contributed by atoms with Crippen molar-refractivity contribution < 1.29 is 4.74 Å². The minimum atomic E-state index is 0.122. The summed E-state index contributed by atoms with van der Waals surface area (Å²) in [4.78, 5) is 0. The van der Waals surface area contributed by atoms with Crippen LogP contribution in [0.3, 0.4) is 0 Å². The molecular formula is C15H14O. The van der Waals surface area contributed by atoms with E-state index in [1.807, 2.05) is 0 Å². The highest BCUT2D eigenvalue weighted by Crippen LogP contribution is 2.35. The zero-order valence-electron chi connectivity index (χ0n) is 9.31. The molecule has 3 rings (SSSR count). The van der Waals surface area contributed by atoms with Gasteiger partial charge in [0.25, 0.3) is 0 Å². The molecule has 0 aliphatic carbocycles. The first kappa shape index (κ1) is 9.61. The molecule has 16 heavy (non-hydrogen) atoms. The van der Waals surface area contributed by atoms with Gasteiger partial charge in [0.15, 0.2) is 0 Å². The molecule has 80 valence electrons. The monoisotopic (exact) mass is 210 g/mol. The highest BCUT2D eigenvalue weighted by molar-refractivity contribution is 5.39. The van der Waals surface area contributed by atoms with Crippen LogP contribution in [0.5, 0.6) is 0 Å². The van der Waals surface area contributed by atoms with E-state index in [9.17, 15) is 0 Å². The average molecular weight is 210 g/mol. The van der Waals surface area contributed by atoms with E-state index in [4.69, 9.17) is 4.74 Å². The van der Waals surface area contributed by atoms with Crippen molar-refractivity contribution in [1.29, 1.82) is 0 Å². The second-order valence-electron chi connectivity index (χ2n) is 4.30.